The van der Waals surface area contributed by atoms with Crippen molar-refractivity contribution >= 4 is 5.91 Å². The third-order valence-electron chi connectivity index (χ3n) is 4.86. The number of amides is 1. The summed E-state index contributed by atoms with van der Waals surface area (Å²) in [6.07, 6.45) is 3.72. The van der Waals surface area contributed by atoms with Crippen LogP contribution < -0.4 is 10.3 Å². The predicted octanol–water partition coefficient (Wildman–Crippen LogP) is 3.30. The van der Waals surface area contributed by atoms with Gasteiger partial charge in [-0.25, -0.2) is 0 Å². The summed E-state index contributed by atoms with van der Waals surface area (Å²) in [5, 5.41) is 0. The Morgan fingerprint density at radius 1 is 1.14 bits per heavy atom. The second-order valence-electron chi connectivity index (χ2n) is 6.95. The molecule has 2 aromatic heterocycles. The molecule has 0 N–H and O–H groups in total. The first-order chi connectivity index (χ1) is 13.6. The van der Waals surface area contributed by atoms with E-state index in [1.54, 1.807) is 42.1 Å². The fourth-order valence-corrected chi connectivity index (χ4v) is 3.16. The minimum atomic E-state index is -0.120. The van der Waals surface area contributed by atoms with Gasteiger partial charge in [0.05, 0.1) is 13.7 Å². The molecule has 3 aromatic rings. The molecule has 0 saturated heterocycles. The number of furan rings is 1. The molecule has 4 rings (SSSR count). The Bertz CT molecular complexity index is 1020. The van der Waals surface area contributed by atoms with E-state index in [1.807, 2.05) is 29.2 Å². The standard InChI is InChI=1S/C22H22N2O4/c1-27-18-9-5-16(6-10-18)14-24(17-7-8-17)22(26)20-12-11-19(28-20)15-23-13-3-2-4-21(23)25/h2-6,9-13,17H,7-8,14-15H2,1H3. The van der Waals surface area contributed by atoms with Crippen LogP contribution in [0.5, 0.6) is 5.75 Å². The van der Waals surface area contributed by atoms with Crippen LogP contribution in [-0.4, -0.2) is 28.5 Å². The normalized spacial score (nSPS) is 13.3. The number of ether oxygens (including phenoxy) is 1. The Hall–Kier alpha value is -3.28. The summed E-state index contributed by atoms with van der Waals surface area (Å²) < 4.78 is 12.5. The number of nitrogens with zero attached hydrogens (tertiary/aromatic N) is 2. The van der Waals surface area contributed by atoms with Crippen LogP contribution in [0.1, 0.15) is 34.7 Å². The van der Waals surface area contributed by atoms with Crippen LogP contribution in [0.25, 0.3) is 0 Å². The van der Waals surface area contributed by atoms with Gasteiger partial charge in [0, 0.05) is 24.8 Å². The third-order valence-corrected chi connectivity index (χ3v) is 4.86. The second kappa shape index (κ2) is 7.76. The molecule has 0 radical (unpaired) electrons. The molecule has 1 fully saturated rings. The molecule has 0 atom stereocenters. The lowest BCUT2D eigenvalue weighted by Gasteiger charge is -2.21. The Morgan fingerprint density at radius 2 is 1.93 bits per heavy atom. The SMILES string of the molecule is COc1ccc(CN(C(=O)c2ccc(Cn3ccccc3=O)o2)C2CC2)cc1. The summed E-state index contributed by atoms with van der Waals surface area (Å²) in [6.45, 7) is 0.830. The highest BCUT2D eigenvalue weighted by molar-refractivity contribution is 5.92. The Labute approximate surface area is 163 Å². The Morgan fingerprint density at radius 3 is 2.61 bits per heavy atom. The molecule has 28 heavy (non-hydrogen) atoms. The van der Waals surface area contributed by atoms with Crippen LogP contribution in [0.3, 0.4) is 0 Å². The molecule has 1 amide bonds. The topological polar surface area (TPSA) is 64.7 Å². The van der Waals surface area contributed by atoms with Crippen molar-refractivity contribution in [2.45, 2.75) is 32.0 Å². The summed E-state index contributed by atoms with van der Waals surface area (Å²) in [5.41, 5.74) is 0.939. The maximum Gasteiger partial charge on any atom is 0.290 e. The monoisotopic (exact) mass is 378 g/mol. The van der Waals surface area contributed by atoms with E-state index in [1.165, 1.54) is 6.07 Å². The van der Waals surface area contributed by atoms with Crippen LogP contribution >= 0.6 is 0 Å². The van der Waals surface area contributed by atoms with Gasteiger partial charge in [0.25, 0.3) is 11.5 Å². The molecule has 1 aromatic carbocycles. The van der Waals surface area contributed by atoms with Gasteiger partial charge in [-0.05, 0) is 48.7 Å². The van der Waals surface area contributed by atoms with Crippen molar-refractivity contribution in [3.05, 3.63) is 88.2 Å². The Balaban J connectivity index is 1.49. The van der Waals surface area contributed by atoms with Gasteiger partial charge in [-0.15, -0.1) is 0 Å². The number of aromatic nitrogens is 1. The number of methoxy groups -OCH3 is 1. The molecule has 6 nitrogen and oxygen atoms in total. The molecule has 2 heterocycles. The van der Waals surface area contributed by atoms with Crippen molar-refractivity contribution in [1.29, 1.82) is 0 Å². The maximum atomic E-state index is 13.0. The van der Waals surface area contributed by atoms with E-state index in [0.717, 1.165) is 24.2 Å². The first-order valence-electron chi connectivity index (χ1n) is 9.32. The quantitative estimate of drug-likeness (QED) is 0.633. The zero-order chi connectivity index (χ0) is 19.5. The molecule has 1 aliphatic rings. The predicted molar refractivity (Wildman–Crippen MR) is 104 cm³/mol. The molecule has 6 heteroatoms. The fourth-order valence-electron chi connectivity index (χ4n) is 3.16. The minimum absolute atomic E-state index is 0.106. The number of carbonyl (C=O) groups is 1. The van der Waals surface area contributed by atoms with Gasteiger partial charge in [0.1, 0.15) is 11.5 Å². The van der Waals surface area contributed by atoms with Gasteiger partial charge < -0.3 is 18.6 Å². The average Bonchev–Trinajstić information content (AvgIpc) is 3.46. The largest absolute Gasteiger partial charge is 0.497 e. The molecular weight excluding hydrogens is 356 g/mol. The molecule has 0 aliphatic heterocycles. The first-order valence-corrected chi connectivity index (χ1v) is 9.32. The summed E-state index contributed by atoms with van der Waals surface area (Å²) in [7, 11) is 1.63. The van der Waals surface area contributed by atoms with Crippen LogP contribution in [0.4, 0.5) is 0 Å². The summed E-state index contributed by atoms with van der Waals surface area (Å²) in [4.78, 5) is 26.7. The zero-order valence-electron chi connectivity index (χ0n) is 15.7. The summed E-state index contributed by atoms with van der Waals surface area (Å²) in [5.74, 6) is 1.56. The highest BCUT2D eigenvalue weighted by Crippen LogP contribution is 2.30. The van der Waals surface area contributed by atoms with Gasteiger partial charge in [0.15, 0.2) is 5.76 Å². The van der Waals surface area contributed by atoms with E-state index >= 15 is 0 Å². The van der Waals surface area contributed by atoms with E-state index in [-0.39, 0.29) is 17.5 Å². The smallest absolute Gasteiger partial charge is 0.290 e. The summed E-state index contributed by atoms with van der Waals surface area (Å²) >= 11 is 0. The Kier molecular flexibility index (Phi) is 5.02. The van der Waals surface area contributed by atoms with Crippen molar-refractivity contribution in [2.24, 2.45) is 0 Å². The van der Waals surface area contributed by atoms with Crippen molar-refractivity contribution in [2.75, 3.05) is 7.11 Å². The van der Waals surface area contributed by atoms with Crippen LogP contribution in [0, 0.1) is 0 Å². The van der Waals surface area contributed by atoms with Gasteiger partial charge in [-0.2, -0.15) is 0 Å². The lowest BCUT2D eigenvalue weighted by atomic mass is 10.2. The molecule has 0 spiro atoms. The number of rotatable bonds is 7. The molecular formula is C22H22N2O4. The van der Waals surface area contributed by atoms with E-state index in [0.29, 0.717) is 24.6 Å². The highest BCUT2D eigenvalue weighted by atomic mass is 16.5. The van der Waals surface area contributed by atoms with Crippen LogP contribution in [0.2, 0.25) is 0 Å². The van der Waals surface area contributed by atoms with E-state index in [2.05, 4.69) is 0 Å². The molecule has 1 saturated carbocycles. The summed E-state index contributed by atoms with van der Waals surface area (Å²) in [6, 6.07) is 16.4. The van der Waals surface area contributed by atoms with Gasteiger partial charge in [-0.3, -0.25) is 9.59 Å². The van der Waals surface area contributed by atoms with Crippen LogP contribution in [-0.2, 0) is 13.1 Å². The second-order valence-corrected chi connectivity index (χ2v) is 6.95. The molecule has 144 valence electrons. The number of hydrogen-bond acceptors (Lipinski definition) is 4. The van der Waals surface area contributed by atoms with Gasteiger partial charge >= 0.3 is 0 Å². The third kappa shape index (κ3) is 4.01. The number of pyridine rings is 1. The zero-order valence-corrected chi connectivity index (χ0v) is 15.7. The lowest BCUT2D eigenvalue weighted by Crippen LogP contribution is -2.32. The lowest BCUT2D eigenvalue weighted by molar-refractivity contribution is 0.0695. The molecule has 0 unspecified atom stereocenters. The van der Waals surface area contributed by atoms with Crippen LogP contribution in [0.15, 0.2) is 70.0 Å². The number of hydrogen-bond donors (Lipinski definition) is 0. The van der Waals surface area contributed by atoms with Crippen molar-refractivity contribution < 1.29 is 13.9 Å². The average molecular weight is 378 g/mol. The van der Waals surface area contributed by atoms with Gasteiger partial charge in [0.2, 0.25) is 0 Å². The van der Waals surface area contributed by atoms with Crippen molar-refractivity contribution in [1.82, 2.24) is 9.47 Å². The first kappa shape index (κ1) is 18.1. The van der Waals surface area contributed by atoms with Crippen molar-refractivity contribution in [3.63, 3.8) is 0 Å². The molecule has 0 bridgehead atoms. The number of benzene rings is 1. The van der Waals surface area contributed by atoms with E-state index in [4.69, 9.17) is 9.15 Å². The maximum absolute atomic E-state index is 13.0. The van der Waals surface area contributed by atoms with E-state index < -0.39 is 0 Å². The van der Waals surface area contributed by atoms with Crippen molar-refractivity contribution in [3.8, 4) is 5.75 Å². The highest BCUT2D eigenvalue weighted by Gasteiger charge is 2.34. The number of carbonyl (C=O) groups excluding carboxylic acids is 1. The minimum Gasteiger partial charge on any atom is -0.497 e. The van der Waals surface area contributed by atoms with E-state index in [9.17, 15) is 9.59 Å². The molecule has 1 aliphatic carbocycles. The van der Waals surface area contributed by atoms with Gasteiger partial charge in [-0.1, -0.05) is 18.2 Å². The fraction of sp³-hybridized carbons (Fsp3) is 0.273.